The van der Waals surface area contributed by atoms with Crippen molar-refractivity contribution in [3.05, 3.63) is 42.2 Å². The standard InChI is InChI=1S/C23H27FN4O4/c1-15-18-10-16(17-11-19(24)23(31-2)25-13-17)12-20(22(18)27-14-26-15)32-9-7-5-3-4-6-8-21(29)28-30/h10-14,30H,3-9H2,1-2H3,(H,28,29). The molecular weight excluding hydrogens is 415 g/mol. The van der Waals surface area contributed by atoms with E-state index < -0.39 is 5.82 Å². The number of halogens is 1. The number of pyridine rings is 1. The molecule has 3 aromatic rings. The summed E-state index contributed by atoms with van der Waals surface area (Å²) in [7, 11) is 1.37. The van der Waals surface area contributed by atoms with Gasteiger partial charge in [0.25, 0.3) is 0 Å². The molecule has 0 aliphatic heterocycles. The van der Waals surface area contributed by atoms with Gasteiger partial charge < -0.3 is 9.47 Å². The SMILES string of the molecule is COc1ncc(-c2cc(OCCCCCCCC(=O)NO)c3ncnc(C)c3c2)cc1F. The molecule has 170 valence electrons. The number of methoxy groups -OCH3 is 1. The van der Waals surface area contributed by atoms with Crippen molar-refractivity contribution >= 4 is 16.8 Å². The maximum atomic E-state index is 14.2. The summed E-state index contributed by atoms with van der Waals surface area (Å²) >= 11 is 0. The molecule has 8 nitrogen and oxygen atoms in total. The Hall–Kier alpha value is -3.33. The van der Waals surface area contributed by atoms with E-state index in [-0.39, 0.29) is 11.8 Å². The zero-order valence-electron chi connectivity index (χ0n) is 18.2. The normalized spacial score (nSPS) is 10.9. The summed E-state index contributed by atoms with van der Waals surface area (Å²) in [6.07, 6.45) is 7.81. The molecule has 1 amide bonds. The Kier molecular flexibility index (Phi) is 8.27. The van der Waals surface area contributed by atoms with Crippen LogP contribution in [0.2, 0.25) is 0 Å². The summed E-state index contributed by atoms with van der Waals surface area (Å²) in [6, 6.07) is 5.13. The number of rotatable bonds is 11. The summed E-state index contributed by atoms with van der Waals surface area (Å²) < 4.78 is 25.1. The molecule has 2 heterocycles. The number of hydrogen-bond acceptors (Lipinski definition) is 7. The highest BCUT2D eigenvalue weighted by molar-refractivity contribution is 5.91. The lowest BCUT2D eigenvalue weighted by atomic mass is 10.0. The van der Waals surface area contributed by atoms with E-state index in [4.69, 9.17) is 14.7 Å². The quantitative estimate of drug-likeness (QED) is 0.258. The van der Waals surface area contributed by atoms with Crippen LogP contribution in [0.4, 0.5) is 4.39 Å². The van der Waals surface area contributed by atoms with Crippen LogP contribution in [0.25, 0.3) is 22.0 Å². The van der Waals surface area contributed by atoms with Gasteiger partial charge in [-0.25, -0.2) is 24.8 Å². The summed E-state index contributed by atoms with van der Waals surface area (Å²) in [6.45, 7) is 2.40. The number of aromatic nitrogens is 3. The number of fused-ring (bicyclic) bond motifs is 1. The first kappa shape index (κ1) is 23.3. The van der Waals surface area contributed by atoms with Crippen molar-refractivity contribution in [1.29, 1.82) is 0 Å². The average Bonchev–Trinajstić information content (AvgIpc) is 2.80. The first-order valence-electron chi connectivity index (χ1n) is 10.5. The Balaban J connectivity index is 1.69. The van der Waals surface area contributed by atoms with E-state index in [1.54, 1.807) is 11.7 Å². The van der Waals surface area contributed by atoms with Crippen LogP contribution in [0, 0.1) is 12.7 Å². The lowest BCUT2D eigenvalue weighted by Crippen LogP contribution is -2.17. The van der Waals surface area contributed by atoms with Crippen LogP contribution in [-0.4, -0.2) is 39.8 Å². The molecule has 0 unspecified atom stereocenters. The van der Waals surface area contributed by atoms with Gasteiger partial charge in [-0.2, -0.15) is 0 Å². The van der Waals surface area contributed by atoms with Crippen LogP contribution in [0.3, 0.4) is 0 Å². The molecule has 2 aromatic heterocycles. The van der Waals surface area contributed by atoms with Crippen LogP contribution in [0.5, 0.6) is 11.6 Å². The van der Waals surface area contributed by atoms with Gasteiger partial charge in [0.15, 0.2) is 5.82 Å². The van der Waals surface area contributed by atoms with Gasteiger partial charge in [0.1, 0.15) is 17.6 Å². The third-order valence-corrected chi connectivity index (χ3v) is 5.17. The minimum absolute atomic E-state index is 0.0532. The minimum atomic E-state index is -0.537. The number of unbranched alkanes of at least 4 members (excludes halogenated alkanes) is 4. The molecule has 1 aromatic carbocycles. The number of aryl methyl sites for hydroxylation is 1. The highest BCUT2D eigenvalue weighted by Crippen LogP contribution is 2.33. The number of nitrogens with zero attached hydrogens (tertiary/aromatic N) is 3. The molecule has 0 saturated carbocycles. The average molecular weight is 442 g/mol. The fraction of sp³-hybridized carbons (Fsp3) is 0.391. The van der Waals surface area contributed by atoms with E-state index in [1.807, 2.05) is 19.1 Å². The number of nitrogens with one attached hydrogen (secondary N) is 1. The molecule has 0 aliphatic rings. The highest BCUT2D eigenvalue weighted by atomic mass is 19.1. The first-order valence-corrected chi connectivity index (χ1v) is 10.5. The van der Waals surface area contributed by atoms with E-state index in [9.17, 15) is 9.18 Å². The lowest BCUT2D eigenvalue weighted by Gasteiger charge is -2.13. The summed E-state index contributed by atoms with van der Waals surface area (Å²) in [4.78, 5) is 23.7. The van der Waals surface area contributed by atoms with Crippen molar-refractivity contribution in [2.24, 2.45) is 0 Å². The third-order valence-electron chi connectivity index (χ3n) is 5.17. The van der Waals surface area contributed by atoms with E-state index in [1.165, 1.54) is 19.5 Å². The fourth-order valence-corrected chi connectivity index (χ4v) is 3.43. The fourth-order valence-electron chi connectivity index (χ4n) is 3.43. The zero-order valence-corrected chi connectivity index (χ0v) is 18.2. The summed E-state index contributed by atoms with van der Waals surface area (Å²) in [5, 5.41) is 9.32. The first-order chi connectivity index (χ1) is 15.5. The van der Waals surface area contributed by atoms with Crippen molar-refractivity contribution in [3.63, 3.8) is 0 Å². The Bertz CT molecular complexity index is 1080. The molecular formula is C23H27FN4O4. The van der Waals surface area contributed by atoms with Crippen molar-refractivity contribution in [1.82, 2.24) is 20.4 Å². The van der Waals surface area contributed by atoms with Gasteiger partial charge in [0, 0.05) is 29.3 Å². The van der Waals surface area contributed by atoms with E-state index in [0.29, 0.717) is 29.9 Å². The Morgan fingerprint density at radius 2 is 1.84 bits per heavy atom. The van der Waals surface area contributed by atoms with Crippen LogP contribution in [-0.2, 0) is 4.79 Å². The van der Waals surface area contributed by atoms with E-state index >= 15 is 0 Å². The molecule has 0 bridgehead atoms. The second-order valence-corrected chi connectivity index (χ2v) is 7.45. The number of benzene rings is 1. The van der Waals surface area contributed by atoms with Gasteiger partial charge in [-0.15, -0.1) is 0 Å². The van der Waals surface area contributed by atoms with Gasteiger partial charge in [-0.1, -0.05) is 19.3 Å². The van der Waals surface area contributed by atoms with Gasteiger partial charge in [0.05, 0.1) is 13.7 Å². The summed E-state index contributed by atoms with van der Waals surface area (Å²) in [5.74, 6) is -0.337. The number of amides is 1. The van der Waals surface area contributed by atoms with Crippen molar-refractivity contribution in [3.8, 4) is 22.8 Å². The maximum absolute atomic E-state index is 14.2. The molecule has 0 saturated heterocycles. The van der Waals surface area contributed by atoms with Gasteiger partial charge >= 0.3 is 0 Å². The number of carbonyl (C=O) groups excluding carboxylic acids is 1. The number of hydrogen-bond donors (Lipinski definition) is 2. The molecule has 32 heavy (non-hydrogen) atoms. The molecule has 0 radical (unpaired) electrons. The van der Waals surface area contributed by atoms with E-state index in [0.717, 1.165) is 48.7 Å². The van der Waals surface area contributed by atoms with E-state index in [2.05, 4.69) is 15.0 Å². The Morgan fingerprint density at radius 1 is 1.06 bits per heavy atom. The second-order valence-electron chi connectivity index (χ2n) is 7.45. The predicted molar refractivity (Wildman–Crippen MR) is 117 cm³/mol. The number of ether oxygens (including phenoxy) is 2. The van der Waals surface area contributed by atoms with Gasteiger partial charge in [0.2, 0.25) is 11.8 Å². The largest absolute Gasteiger partial charge is 0.491 e. The second kappa shape index (κ2) is 11.3. The number of hydroxylamine groups is 1. The molecule has 0 aliphatic carbocycles. The van der Waals surface area contributed by atoms with Crippen LogP contribution in [0.15, 0.2) is 30.7 Å². The monoisotopic (exact) mass is 442 g/mol. The third kappa shape index (κ3) is 5.88. The Morgan fingerprint density at radius 3 is 2.59 bits per heavy atom. The topological polar surface area (TPSA) is 106 Å². The van der Waals surface area contributed by atoms with Crippen molar-refractivity contribution in [2.45, 2.75) is 45.4 Å². The van der Waals surface area contributed by atoms with Crippen molar-refractivity contribution < 1.29 is 23.9 Å². The highest BCUT2D eigenvalue weighted by Gasteiger charge is 2.13. The van der Waals surface area contributed by atoms with Crippen LogP contribution in [0.1, 0.15) is 44.2 Å². The minimum Gasteiger partial charge on any atom is -0.491 e. The molecule has 3 rings (SSSR count). The van der Waals surface area contributed by atoms with Gasteiger partial charge in [-0.05, 0) is 43.5 Å². The van der Waals surface area contributed by atoms with Gasteiger partial charge in [-0.3, -0.25) is 10.0 Å². The van der Waals surface area contributed by atoms with Crippen molar-refractivity contribution in [2.75, 3.05) is 13.7 Å². The lowest BCUT2D eigenvalue weighted by molar-refractivity contribution is -0.129. The van der Waals surface area contributed by atoms with Crippen LogP contribution >= 0.6 is 0 Å². The predicted octanol–water partition coefficient (Wildman–Crippen LogP) is 4.37. The molecule has 0 atom stereocenters. The number of carbonyl (C=O) groups is 1. The molecule has 0 spiro atoms. The maximum Gasteiger partial charge on any atom is 0.250 e. The Labute approximate surface area is 185 Å². The molecule has 0 fully saturated rings. The van der Waals surface area contributed by atoms with Crippen LogP contribution < -0.4 is 15.0 Å². The summed E-state index contributed by atoms with van der Waals surface area (Å²) in [5.41, 5.74) is 4.50. The molecule has 2 N–H and O–H groups in total. The zero-order chi connectivity index (χ0) is 22.9. The smallest absolute Gasteiger partial charge is 0.250 e. The molecule has 9 heteroatoms.